The van der Waals surface area contributed by atoms with E-state index in [0.29, 0.717) is 18.5 Å². The van der Waals surface area contributed by atoms with E-state index in [2.05, 4.69) is 22.5 Å². The van der Waals surface area contributed by atoms with Crippen molar-refractivity contribution in [3.05, 3.63) is 29.8 Å². The minimum Gasteiger partial charge on any atom is -0.508 e. The molecule has 1 atom stereocenters. The summed E-state index contributed by atoms with van der Waals surface area (Å²) in [6.07, 6.45) is 5.47. The summed E-state index contributed by atoms with van der Waals surface area (Å²) in [5, 5.41) is 15.9. The Hall–Kier alpha value is -1.79. The Balaban J connectivity index is 1.55. The van der Waals surface area contributed by atoms with Gasteiger partial charge in [0.2, 0.25) is 0 Å². The highest BCUT2D eigenvalue weighted by Crippen LogP contribution is 2.12. The van der Waals surface area contributed by atoms with Gasteiger partial charge in [0.15, 0.2) is 5.96 Å². The van der Waals surface area contributed by atoms with Gasteiger partial charge in [0, 0.05) is 32.8 Å². The molecule has 1 fully saturated rings. The Morgan fingerprint density at radius 2 is 2.12 bits per heavy atom. The molecule has 1 aliphatic rings. The lowest BCUT2D eigenvalue weighted by Gasteiger charge is -2.12. The summed E-state index contributed by atoms with van der Waals surface area (Å²) < 4.78 is 11.2. The Bertz CT molecular complexity index is 514. The van der Waals surface area contributed by atoms with E-state index in [1.165, 1.54) is 5.56 Å². The SMILES string of the molecule is CCNC(=NCCCc1ccc(O)cc1)NCCCOCC1CCCO1. The number of aryl methyl sites for hydroxylation is 1. The third-order valence-electron chi connectivity index (χ3n) is 4.26. The number of phenolic OH excluding ortho intramolecular Hbond substituents is 1. The number of hydrogen-bond acceptors (Lipinski definition) is 4. The fourth-order valence-corrected chi connectivity index (χ4v) is 2.85. The Morgan fingerprint density at radius 1 is 1.27 bits per heavy atom. The zero-order chi connectivity index (χ0) is 18.5. The van der Waals surface area contributed by atoms with Crippen molar-refractivity contribution in [3.8, 4) is 5.75 Å². The Kier molecular flexibility index (Phi) is 9.90. The van der Waals surface area contributed by atoms with E-state index in [4.69, 9.17) is 9.47 Å². The maximum Gasteiger partial charge on any atom is 0.191 e. The van der Waals surface area contributed by atoms with Crippen LogP contribution >= 0.6 is 0 Å². The van der Waals surface area contributed by atoms with Crippen LogP contribution in [0.4, 0.5) is 0 Å². The first-order valence-electron chi connectivity index (χ1n) is 9.77. The molecule has 1 heterocycles. The number of nitrogens with one attached hydrogen (secondary N) is 2. The molecule has 0 aromatic heterocycles. The van der Waals surface area contributed by atoms with Gasteiger partial charge in [-0.2, -0.15) is 0 Å². The van der Waals surface area contributed by atoms with Crippen LogP contribution in [0.25, 0.3) is 0 Å². The van der Waals surface area contributed by atoms with Crippen molar-refractivity contribution in [2.45, 2.75) is 45.1 Å². The fourth-order valence-electron chi connectivity index (χ4n) is 2.85. The van der Waals surface area contributed by atoms with Crippen molar-refractivity contribution >= 4 is 5.96 Å². The summed E-state index contributed by atoms with van der Waals surface area (Å²) >= 11 is 0. The van der Waals surface area contributed by atoms with Crippen molar-refractivity contribution in [2.24, 2.45) is 4.99 Å². The highest BCUT2D eigenvalue weighted by atomic mass is 16.5. The molecule has 0 spiro atoms. The second-order valence-electron chi connectivity index (χ2n) is 6.52. The summed E-state index contributed by atoms with van der Waals surface area (Å²) in [6.45, 7) is 6.86. The van der Waals surface area contributed by atoms with Crippen molar-refractivity contribution in [3.63, 3.8) is 0 Å². The van der Waals surface area contributed by atoms with Gasteiger partial charge in [-0.25, -0.2) is 0 Å². The van der Waals surface area contributed by atoms with Gasteiger partial charge in [-0.05, 0) is 56.7 Å². The number of ether oxygens (including phenoxy) is 2. The third-order valence-corrected chi connectivity index (χ3v) is 4.26. The smallest absolute Gasteiger partial charge is 0.191 e. The predicted molar refractivity (Wildman–Crippen MR) is 105 cm³/mol. The monoisotopic (exact) mass is 363 g/mol. The van der Waals surface area contributed by atoms with Crippen LogP contribution in [0.2, 0.25) is 0 Å². The molecule has 0 saturated carbocycles. The summed E-state index contributed by atoms with van der Waals surface area (Å²) in [6, 6.07) is 7.37. The van der Waals surface area contributed by atoms with Gasteiger partial charge in [-0.1, -0.05) is 12.1 Å². The Morgan fingerprint density at radius 3 is 2.85 bits per heavy atom. The van der Waals surface area contributed by atoms with Crippen LogP contribution in [0.1, 0.15) is 38.2 Å². The maximum absolute atomic E-state index is 9.30. The first kappa shape index (κ1) is 20.5. The normalized spacial score (nSPS) is 17.4. The van der Waals surface area contributed by atoms with Crippen LogP contribution in [0, 0.1) is 0 Å². The first-order valence-corrected chi connectivity index (χ1v) is 9.77. The molecular formula is C20H33N3O3. The molecular weight excluding hydrogens is 330 g/mol. The molecule has 1 aliphatic heterocycles. The summed E-state index contributed by atoms with van der Waals surface area (Å²) in [5.41, 5.74) is 1.22. The number of rotatable bonds is 11. The van der Waals surface area contributed by atoms with E-state index >= 15 is 0 Å². The standard InChI is InChI=1S/C20H33N3O3/c1-2-21-20(22-12-3-6-17-8-10-18(24)11-9-17)23-13-5-14-25-16-19-7-4-15-26-19/h8-11,19,24H,2-7,12-16H2,1H3,(H2,21,22,23). The van der Waals surface area contributed by atoms with Crippen molar-refractivity contribution < 1.29 is 14.6 Å². The number of aromatic hydroxyl groups is 1. The van der Waals surface area contributed by atoms with Crippen LogP contribution in [-0.2, 0) is 15.9 Å². The van der Waals surface area contributed by atoms with Gasteiger partial charge in [-0.15, -0.1) is 0 Å². The van der Waals surface area contributed by atoms with Crippen LogP contribution in [0.3, 0.4) is 0 Å². The summed E-state index contributed by atoms with van der Waals surface area (Å²) in [4.78, 5) is 4.61. The number of hydrogen-bond donors (Lipinski definition) is 3. The summed E-state index contributed by atoms with van der Waals surface area (Å²) in [5.74, 6) is 1.17. The molecule has 1 unspecified atom stereocenters. The highest BCUT2D eigenvalue weighted by Gasteiger charge is 2.14. The lowest BCUT2D eigenvalue weighted by Crippen LogP contribution is -2.38. The van der Waals surface area contributed by atoms with Crippen LogP contribution in [-0.4, -0.2) is 56.6 Å². The van der Waals surface area contributed by atoms with Gasteiger partial charge in [0.25, 0.3) is 0 Å². The van der Waals surface area contributed by atoms with E-state index in [-0.39, 0.29) is 0 Å². The third kappa shape index (κ3) is 8.54. The van der Waals surface area contributed by atoms with E-state index in [0.717, 1.165) is 70.9 Å². The molecule has 0 radical (unpaired) electrons. The number of benzene rings is 1. The quantitative estimate of drug-likeness (QED) is 0.320. The van der Waals surface area contributed by atoms with Gasteiger partial charge in [0.1, 0.15) is 5.75 Å². The molecule has 26 heavy (non-hydrogen) atoms. The summed E-state index contributed by atoms with van der Waals surface area (Å²) in [7, 11) is 0. The number of aliphatic imine (C=N–C) groups is 1. The number of guanidine groups is 1. The van der Waals surface area contributed by atoms with Crippen molar-refractivity contribution in [1.82, 2.24) is 10.6 Å². The average Bonchev–Trinajstić information content (AvgIpc) is 3.16. The van der Waals surface area contributed by atoms with E-state index in [1.807, 2.05) is 12.1 Å². The lowest BCUT2D eigenvalue weighted by molar-refractivity contribution is 0.0168. The number of nitrogens with zero attached hydrogens (tertiary/aromatic N) is 1. The molecule has 0 bridgehead atoms. The first-order chi connectivity index (χ1) is 12.8. The molecule has 1 aromatic carbocycles. The average molecular weight is 364 g/mol. The second kappa shape index (κ2) is 12.5. The van der Waals surface area contributed by atoms with Crippen molar-refractivity contribution in [2.75, 3.05) is 39.5 Å². The molecule has 6 nitrogen and oxygen atoms in total. The zero-order valence-electron chi connectivity index (χ0n) is 15.9. The fraction of sp³-hybridized carbons (Fsp3) is 0.650. The minimum atomic E-state index is 0.301. The molecule has 0 amide bonds. The topological polar surface area (TPSA) is 75.1 Å². The van der Waals surface area contributed by atoms with Crippen molar-refractivity contribution in [1.29, 1.82) is 0 Å². The molecule has 0 aliphatic carbocycles. The van der Waals surface area contributed by atoms with Gasteiger partial charge in [0.05, 0.1) is 12.7 Å². The molecule has 6 heteroatoms. The van der Waals surface area contributed by atoms with Crippen LogP contribution < -0.4 is 10.6 Å². The lowest BCUT2D eigenvalue weighted by atomic mass is 10.1. The van der Waals surface area contributed by atoms with Gasteiger partial charge >= 0.3 is 0 Å². The van der Waals surface area contributed by atoms with E-state index in [1.54, 1.807) is 12.1 Å². The maximum atomic E-state index is 9.30. The van der Waals surface area contributed by atoms with Gasteiger partial charge < -0.3 is 25.2 Å². The number of phenols is 1. The Labute approximate surface area is 157 Å². The second-order valence-corrected chi connectivity index (χ2v) is 6.52. The zero-order valence-corrected chi connectivity index (χ0v) is 15.9. The van der Waals surface area contributed by atoms with E-state index < -0.39 is 0 Å². The molecule has 1 aromatic rings. The largest absolute Gasteiger partial charge is 0.508 e. The molecule has 146 valence electrons. The molecule has 3 N–H and O–H groups in total. The van der Waals surface area contributed by atoms with Gasteiger partial charge in [-0.3, -0.25) is 4.99 Å². The molecule has 2 rings (SSSR count). The molecule has 1 saturated heterocycles. The predicted octanol–water partition coefficient (Wildman–Crippen LogP) is 2.47. The van der Waals surface area contributed by atoms with Crippen LogP contribution in [0.5, 0.6) is 5.75 Å². The van der Waals surface area contributed by atoms with E-state index in [9.17, 15) is 5.11 Å². The van der Waals surface area contributed by atoms with Crippen LogP contribution in [0.15, 0.2) is 29.3 Å². The minimum absolute atomic E-state index is 0.301. The highest BCUT2D eigenvalue weighted by molar-refractivity contribution is 5.79.